The van der Waals surface area contributed by atoms with Crippen molar-refractivity contribution in [1.82, 2.24) is 0 Å². The lowest BCUT2D eigenvalue weighted by atomic mass is 10.1. The summed E-state index contributed by atoms with van der Waals surface area (Å²) < 4.78 is 5.65. The fraction of sp³-hybridized carbons (Fsp3) is 0.538. The van der Waals surface area contributed by atoms with Crippen LogP contribution in [-0.4, -0.2) is 16.5 Å². The molecule has 0 amide bonds. The average molecular weight is 285 g/mol. The summed E-state index contributed by atoms with van der Waals surface area (Å²) in [7, 11) is 0. The summed E-state index contributed by atoms with van der Waals surface area (Å²) in [6.45, 7) is 0. The number of aliphatic hydroxyl groups is 1. The van der Waals surface area contributed by atoms with Crippen LogP contribution < -0.4 is 0 Å². The number of alkyl halides is 1. The predicted octanol–water partition coefficient (Wildman–Crippen LogP) is 2.92. The monoisotopic (exact) mass is 284 g/mol. The minimum Gasteiger partial charge on any atom is -0.466 e. The maximum absolute atomic E-state index is 9.19. The van der Waals surface area contributed by atoms with Crippen molar-refractivity contribution in [2.45, 2.75) is 38.2 Å². The number of rotatable bonds is 7. The number of halogens is 1. The molecule has 1 unspecified atom stereocenters. The number of hydrogen-bond acceptors (Lipinski definition) is 2. The van der Waals surface area contributed by atoms with Gasteiger partial charge in [0.2, 0.25) is 0 Å². The molecule has 0 aliphatic heterocycles. The quantitative estimate of drug-likeness (QED) is 0.617. The maximum atomic E-state index is 9.19. The van der Waals surface area contributed by atoms with Crippen molar-refractivity contribution in [2.75, 3.05) is 5.33 Å². The van der Waals surface area contributed by atoms with Gasteiger partial charge < -0.3 is 9.52 Å². The molecule has 1 atom stereocenters. The van der Waals surface area contributed by atoms with Crippen molar-refractivity contribution in [3.05, 3.63) is 23.7 Å². The number of furan rings is 1. The number of hydrogen-bond donors (Lipinski definition) is 1. The molecule has 16 heavy (non-hydrogen) atoms. The molecule has 0 saturated carbocycles. The summed E-state index contributed by atoms with van der Waals surface area (Å²) in [6.07, 6.45) is 8.85. The van der Waals surface area contributed by atoms with Crippen LogP contribution in [0.1, 0.15) is 30.8 Å². The van der Waals surface area contributed by atoms with Gasteiger partial charge in [0.1, 0.15) is 17.6 Å². The summed E-state index contributed by atoms with van der Waals surface area (Å²) in [5.74, 6) is 4.32. The van der Waals surface area contributed by atoms with E-state index in [9.17, 15) is 5.11 Å². The van der Waals surface area contributed by atoms with Crippen LogP contribution in [0.5, 0.6) is 0 Å². The topological polar surface area (TPSA) is 33.4 Å². The Morgan fingerprint density at radius 3 is 2.50 bits per heavy atom. The van der Waals surface area contributed by atoms with Gasteiger partial charge in [0.05, 0.1) is 0 Å². The Morgan fingerprint density at radius 1 is 1.31 bits per heavy atom. The molecule has 0 bridgehead atoms. The van der Waals surface area contributed by atoms with E-state index in [-0.39, 0.29) is 0 Å². The van der Waals surface area contributed by atoms with E-state index < -0.39 is 6.10 Å². The smallest absolute Gasteiger partial charge is 0.114 e. The molecule has 1 heterocycles. The van der Waals surface area contributed by atoms with Crippen LogP contribution in [0.4, 0.5) is 0 Å². The normalized spacial score (nSPS) is 12.3. The largest absolute Gasteiger partial charge is 0.466 e. The van der Waals surface area contributed by atoms with Crippen molar-refractivity contribution in [2.24, 2.45) is 0 Å². The zero-order valence-corrected chi connectivity index (χ0v) is 10.9. The molecule has 1 rings (SSSR count). The molecule has 2 nitrogen and oxygen atoms in total. The number of terminal acetylenes is 1. The molecule has 1 aromatic rings. The molecule has 1 aromatic heterocycles. The molecule has 1 N–H and O–H groups in total. The summed E-state index contributed by atoms with van der Waals surface area (Å²) >= 11 is 3.39. The standard InChI is InChI=1S/C13H17BrO2/c1-2-11(15)5-3-6-12-8-9-13(16-12)7-4-10-14/h1,8-9,11,15H,3-7,10H2. The van der Waals surface area contributed by atoms with Crippen LogP contribution in [0.3, 0.4) is 0 Å². The molecule has 0 radical (unpaired) electrons. The highest BCUT2D eigenvalue weighted by atomic mass is 79.9. The van der Waals surface area contributed by atoms with E-state index in [0.717, 1.165) is 42.5 Å². The molecule has 0 spiro atoms. The van der Waals surface area contributed by atoms with Crippen LogP contribution in [0.15, 0.2) is 16.5 Å². The highest BCUT2D eigenvalue weighted by Crippen LogP contribution is 2.13. The molecule has 0 aliphatic rings. The van der Waals surface area contributed by atoms with Crippen molar-refractivity contribution >= 4 is 15.9 Å². The van der Waals surface area contributed by atoms with Gasteiger partial charge in [-0.1, -0.05) is 21.9 Å². The zero-order valence-electron chi connectivity index (χ0n) is 9.29. The predicted molar refractivity (Wildman–Crippen MR) is 68.6 cm³/mol. The number of aryl methyl sites for hydroxylation is 2. The second kappa shape index (κ2) is 7.54. The highest BCUT2D eigenvalue weighted by Gasteiger charge is 2.03. The van der Waals surface area contributed by atoms with Gasteiger partial charge in [-0.25, -0.2) is 0 Å². The van der Waals surface area contributed by atoms with E-state index in [1.54, 1.807) is 0 Å². The SMILES string of the molecule is C#CC(O)CCCc1ccc(CCCBr)o1. The van der Waals surface area contributed by atoms with E-state index in [1.165, 1.54) is 0 Å². The Morgan fingerprint density at radius 2 is 1.94 bits per heavy atom. The van der Waals surface area contributed by atoms with Crippen LogP contribution in [0.2, 0.25) is 0 Å². The van der Waals surface area contributed by atoms with Crippen LogP contribution >= 0.6 is 15.9 Å². The average Bonchev–Trinajstić information content (AvgIpc) is 2.74. The highest BCUT2D eigenvalue weighted by molar-refractivity contribution is 9.09. The Hall–Kier alpha value is -0.720. The Balaban J connectivity index is 2.27. The van der Waals surface area contributed by atoms with Gasteiger partial charge in [-0.15, -0.1) is 6.42 Å². The lowest BCUT2D eigenvalue weighted by Gasteiger charge is -2.01. The van der Waals surface area contributed by atoms with Gasteiger partial charge in [0.15, 0.2) is 0 Å². The van der Waals surface area contributed by atoms with Crippen molar-refractivity contribution in [3.63, 3.8) is 0 Å². The van der Waals surface area contributed by atoms with Gasteiger partial charge in [-0.2, -0.15) is 0 Å². The lowest BCUT2D eigenvalue weighted by molar-refractivity contribution is 0.218. The molecule has 0 aliphatic carbocycles. The third-order valence-electron chi connectivity index (χ3n) is 2.37. The van der Waals surface area contributed by atoms with Gasteiger partial charge >= 0.3 is 0 Å². The maximum Gasteiger partial charge on any atom is 0.114 e. The van der Waals surface area contributed by atoms with Crippen molar-refractivity contribution < 1.29 is 9.52 Å². The summed E-state index contributed by atoms with van der Waals surface area (Å²) in [5, 5.41) is 10.2. The fourth-order valence-corrected chi connectivity index (χ4v) is 1.77. The Bertz CT molecular complexity index is 338. The minimum absolute atomic E-state index is 0.622. The molecular weight excluding hydrogens is 268 g/mol. The molecule has 0 fully saturated rings. The van der Waals surface area contributed by atoms with Crippen LogP contribution in [-0.2, 0) is 12.8 Å². The van der Waals surface area contributed by atoms with Gasteiger partial charge in [-0.3, -0.25) is 0 Å². The summed E-state index contributed by atoms with van der Waals surface area (Å²) in [5.41, 5.74) is 0. The van der Waals surface area contributed by atoms with E-state index in [4.69, 9.17) is 10.8 Å². The number of aliphatic hydroxyl groups excluding tert-OH is 1. The van der Waals surface area contributed by atoms with Gasteiger partial charge in [0, 0.05) is 18.2 Å². The molecular formula is C13H17BrO2. The van der Waals surface area contributed by atoms with Crippen LogP contribution in [0, 0.1) is 12.3 Å². The third kappa shape index (κ3) is 4.87. The third-order valence-corrected chi connectivity index (χ3v) is 2.93. The molecule has 88 valence electrons. The van der Waals surface area contributed by atoms with Gasteiger partial charge in [-0.05, 0) is 31.4 Å². The van der Waals surface area contributed by atoms with E-state index in [0.29, 0.717) is 6.42 Å². The molecule has 0 saturated heterocycles. The second-order valence-corrected chi connectivity index (χ2v) is 4.53. The summed E-state index contributed by atoms with van der Waals surface area (Å²) in [6, 6.07) is 4.03. The lowest BCUT2D eigenvalue weighted by Crippen LogP contribution is -2.02. The minimum atomic E-state index is -0.622. The zero-order chi connectivity index (χ0) is 11.8. The molecule has 3 heteroatoms. The Kier molecular flexibility index (Phi) is 6.29. The first-order chi connectivity index (χ1) is 7.76. The van der Waals surface area contributed by atoms with Crippen molar-refractivity contribution in [3.8, 4) is 12.3 Å². The fourth-order valence-electron chi connectivity index (χ4n) is 1.49. The summed E-state index contributed by atoms with van der Waals surface area (Å²) in [4.78, 5) is 0. The first-order valence-electron chi connectivity index (χ1n) is 5.54. The van der Waals surface area contributed by atoms with Crippen LogP contribution in [0.25, 0.3) is 0 Å². The van der Waals surface area contributed by atoms with Crippen molar-refractivity contribution in [1.29, 1.82) is 0 Å². The van der Waals surface area contributed by atoms with E-state index >= 15 is 0 Å². The van der Waals surface area contributed by atoms with E-state index in [1.807, 2.05) is 12.1 Å². The molecule has 0 aromatic carbocycles. The van der Waals surface area contributed by atoms with E-state index in [2.05, 4.69) is 21.9 Å². The first-order valence-corrected chi connectivity index (χ1v) is 6.66. The first kappa shape index (κ1) is 13.3. The second-order valence-electron chi connectivity index (χ2n) is 3.74. The Labute approximate surface area is 105 Å². The van der Waals surface area contributed by atoms with Gasteiger partial charge in [0.25, 0.3) is 0 Å².